The quantitative estimate of drug-likeness (QED) is 0.582. The lowest BCUT2D eigenvalue weighted by Gasteiger charge is -2.62. The van der Waals surface area contributed by atoms with Crippen LogP contribution in [0.15, 0.2) is 60.2 Å². The van der Waals surface area contributed by atoms with Crippen molar-refractivity contribution in [2.24, 2.45) is 29.1 Å². The summed E-state index contributed by atoms with van der Waals surface area (Å²) in [6.07, 6.45) is 2.28. The van der Waals surface area contributed by atoms with E-state index in [0.29, 0.717) is 6.61 Å². The second kappa shape index (κ2) is 8.46. The molecule has 3 saturated carbocycles. The number of carbonyl (C=O) groups excluding carboxylic acids is 2. The van der Waals surface area contributed by atoms with E-state index >= 15 is 0 Å². The predicted molar refractivity (Wildman–Crippen MR) is 132 cm³/mol. The summed E-state index contributed by atoms with van der Waals surface area (Å²) < 4.78 is 11.9. The van der Waals surface area contributed by atoms with E-state index in [1.165, 1.54) is 12.7 Å². The fourth-order valence-electron chi connectivity index (χ4n) is 7.28. The van der Waals surface area contributed by atoms with Crippen LogP contribution in [0.3, 0.4) is 0 Å². The van der Waals surface area contributed by atoms with Crippen LogP contribution in [0, 0.1) is 47.3 Å². The number of aryl methyl sites for hydroxylation is 1. The zero-order valence-electron chi connectivity index (χ0n) is 20.7. The SMILES string of the molecule is COC(=O)[C@@]1(C#N)[C@H](c2ccccc2)[C@H]2C(=O)C[C@@H]1[C@]1(C(C)C)OC/C(=C\c3ccc(C)cc3)[C@H]21. The Morgan fingerprint density at radius 2 is 1.83 bits per heavy atom. The normalized spacial score (nSPS) is 34.6. The minimum atomic E-state index is -1.51. The molecule has 2 aromatic carbocycles. The van der Waals surface area contributed by atoms with Gasteiger partial charge in [0, 0.05) is 30.1 Å². The third-order valence-electron chi connectivity index (χ3n) is 8.65. The van der Waals surface area contributed by atoms with Crippen LogP contribution >= 0.6 is 0 Å². The number of benzene rings is 2. The number of ketones is 1. The van der Waals surface area contributed by atoms with Crippen molar-refractivity contribution >= 4 is 17.8 Å². The van der Waals surface area contributed by atoms with Crippen molar-refractivity contribution in [3.63, 3.8) is 0 Å². The maximum absolute atomic E-state index is 13.8. The smallest absolute Gasteiger partial charge is 0.327 e. The van der Waals surface area contributed by atoms with Crippen LogP contribution in [0.5, 0.6) is 0 Å². The van der Waals surface area contributed by atoms with Gasteiger partial charge in [-0.2, -0.15) is 5.26 Å². The van der Waals surface area contributed by atoms with Gasteiger partial charge in [-0.05, 0) is 29.5 Å². The van der Waals surface area contributed by atoms with Crippen LogP contribution in [-0.2, 0) is 19.1 Å². The molecule has 4 fully saturated rings. The molecule has 0 N–H and O–H groups in total. The van der Waals surface area contributed by atoms with Crippen LogP contribution in [0.4, 0.5) is 0 Å². The average Bonchev–Trinajstić information content (AvgIpc) is 3.26. The lowest BCUT2D eigenvalue weighted by atomic mass is 9.39. The van der Waals surface area contributed by atoms with Gasteiger partial charge in [-0.15, -0.1) is 0 Å². The number of Topliss-reactive ketones (excluding diaryl/α,β-unsaturated/α-hetero) is 1. The van der Waals surface area contributed by atoms with Gasteiger partial charge in [0.1, 0.15) is 5.78 Å². The van der Waals surface area contributed by atoms with Crippen molar-refractivity contribution < 1.29 is 19.1 Å². The zero-order valence-corrected chi connectivity index (χ0v) is 20.7. The van der Waals surface area contributed by atoms with E-state index in [4.69, 9.17) is 9.47 Å². The lowest BCUT2D eigenvalue weighted by Crippen LogP contribution is -2.71. The van der Waals surface area contributed by atoms with E-state index in [-0.39, 0.29) is 24.0 Å². The Bertz CT molecular complexity index is 1230. The minimum absolute atomic E-state index is 0.00822. The van der Waals surface area contributed by atoms with Crippen molar-refractivity contribution in [3.05, 3.63) is 76.9 Å². The first-order valence-electron chi connectivity index (χ1n) is 12.3. The average molecular weight is 470 g/mol. The van der Waals surface area contributed by atoms with Gasteiger partial charge in [0.15, 0.2) is 5.41 Å². The first-order valence-corrected chi connectivity index (χ1v) is 12.3. The molecule has 0 spiro atoms. The number of ether oxygens (including phenoxy) is 2. The first kappa shape index (κ1) is 23.5. The Kier molecular flexibility index (Phi) is 5.68. The number of nitriles is 1. The summed E-state index contributed by atoms with van der Waals surface area (Å²) in [5, 5.41) is 10.7. The molecule has 4 aliphatic rings. The van der Waals surface area contributed by atoms with Crippen LogP contribution in [0.2, 0.25) is 0 Å². The van der Waals surface area contributed by atoms with Gasteiger partial charge in [0.05, 0.1) is 25.4 Å². The highest BCUT2D eigenvalue weighted by atomic mass is 16.5. The van der Waals surface area contributed by atoms with E-state index in [1.54, 1.807) is 0 Å². The van der Waals surface area contributed by atoms with E-state index in [0.717, 1.165) is 16.7 Å². The monoisotopic (exact) mass is 469 g/mol. The first-order chi connectivity index (χ1) is 16.8. The van der Waals surface area contributed by atoms with Crippen molar-refractivity contribution in [2.45, 2.75) is 38.7 Å². The molecule has 2 aromatic rings. The highest BCUT2D eigenvalue weighted by molar-refractivity contribution is 5.93. The summed E-state index contributed by atoms with van der Waals surface area (Å²) in [4.78, 5) is 27.3. The van der Waals surface area contributed by atoms with Gasteiger partial charge in [-0.25, -0.2) is 0 Å². The molecule has 180 valence electrons. The summed E-state index contributed by atoms with van der Waals surface area (Å²) in [5.41, 5.74) is 1.81. The molecule has 0 radical (unpaired) electrons. The number of methoxy groups -OCH3 is 1. The third kappa shape index (κ3) is 3.16. The van der Waals surface area contributed by atoms with Gasteiger partial charge >= 0.3 is 5.97 Å². The highest BCUT2D eigenvalue weighted by Gasteiger charge is 2.77. The molecule has 0 aromatic heterocycles. The molecule has 2 bridgehead atoms. The number of fused-ring (bicyclic) bond motifs is 2. The van der Waals surface area contributed by atoms with Gasteiger partial charge in [0.2, 0.25) is 0 Å². The molecular formula is C30H31NO4. The molecule has 6 atom stereocenters. The van der Waals surface area contributed by atoms with Gasteiger partial charge < -0.3 is 9.47 Å². The highest BCUT2D eigenvalue weighted by Crippen LogP contribution is 2.70. The Hall–Kier alpha value is -3.23. The molecule has 5 nitrogen and oxygen atoms in total. The van der Waals surface area contributed by atoms with E-state index < -0.39 is 34.7 Å². The summed E-state index contributed by atoms with van der Waals surface area (Å²) in [5.74, 6) is -2.47. The fraction of sp³-hybridized carbons (Fsp3) is 0.433. The minimum Gasteiger partial charge on any atom is -0.468 e. The second-order valence-corrected chi connectivity index (χ2v) is 10.5. The number of hydrogen-bond acceptors (Lipinski definition) is 5. The van der Waals surface area contributed by atoms with E-state index in [9.17, 15) is 14.9 Å². The molecule has 6 rings (SSSR count). The van der Waals surface area contributed by atoms with E-state index in [1.807, 2.05) is 30.3 Å². The summed E-state index contributed by atoms with van der Waals surface area (Å²) in [6.45, 7) is 6.58. The van der Waals surface area contributed by atoms with Gasteiger partial charge in [-0.3, -0.25) is 9.59 Å². The Balaban J connectivity index is 1.77. The Labute approximate surface area is 206 Å². The van der Waals surface area contributed by atoms with Crippen LogP contribution in [-0.4, -0.2) is 31.1 Å². The zero-order chi connectivity index (χ0) is 25.0. The van der Waals surface area contributed by atoms with Crippen molar-refractivity contribution in [1.29, 1.82) is 5.26 Å². The van der Waals surface area contributed by atoms with Gasteiger partial charge in [0.25, 0.3) is 0 Å². The van der Waals surface area contributed by atoms with Crippen molar-refractivity contribution in [3.8, 4) is 6.07 Å². The number of rotatable bonds is 4. The number of hydrogen-bond donors (Lipinski definition) is 0. The maximum Gasteiger partial charge on any atom is 0.327 e. The third-order valence-corrected chi connectivity index (χ3v) is 8.65. The molecule has 35 heavy (non-hydrogen) atoms. The molecule has 5 heteroatoms. The van der Waals surface area contributed by atoms with Gasteiger partial charge in [-0.1, -0.05) is 80.1 Å². The molecule has 1 aliphatic heterocycles. The summed E-state index contributed by atoms with van der Waals surface area (Å²) in [7, 11) is 1.32. The fourth-order valence-corrected chi connectivity index (χ4v) is 7.28. The summed E-state index contributed by atoms with van der Waals surface area (Å²) >= 11 is 0. The molecule has 3 aliphatic carbocycles. The van der Waals surface area contributed by atoms with Crippen molar-refractivity contribution in [2.75, 3.05) is 13.7 Å². The van der Waals surface area contributed by atoms with Crippen LogP contribution in [0.1, 0.15) is 42.9 Å². The molecular weight excluding hydrogens is 438 g/mol. The predicted octanol–water partition coefficient (Wildman–Crippen LogP) is 5.11. The molecule has 1 saturated heterocycles. The maximum atomic E-state index is 13.8. The van der Waals surface area contributed by atoms with Crippen LogP contribution in [0.25, 0.3) is 6.08 Å². The van der Waals surface area contributed by atoms with Crippen LogP contribution < -0.4 is 0 Å². The lowest BCUT2D eigenvalue weighted by molar-refractivity contribution is -0.214. The summed E-state index contributed by atoms with van der Waals surface area (Å²) in [6, 6.07) is 20.2. The Morgan fingerprint density at radius 3 is 2.43 bits per heavy atom. The molecule has 1 heterocycles. The Morgan fingerprint density at radius 1 is 1.14 bits per heavy atom. The largest absolute Gasteiger partial charge is 0.468 e. The number of esters is 1. The van der Waals surface area contributed by atoms with E-state index in [2.05, 4.69) is 57.2 Å². The standard InChI is InChI=1S/C30H31NO4/c1-18(2)30-24-15-23(32)25(27(30)22(16-35-30)14-20-12-10-19(3)11-13-20)26(21-8-6-5-7-9-21)29(24,17-31)28(33)34-4/h5-14,18,24-27H,15-16H2,1-4H3/b22-14+/t24-,25+,26+,27+,29+,30-/m0/s1. The molecule has 0 amide bonds. The topological polar surface area (TPSA) is 76.4 Å². The number of nitrogens with zero attached hydrogens (tertiary/aromatic N) is 1. The van der Waals surface area contributed by atoms with Crippen molar-refractivity contribution in [1.82, 2.24) is 0 Å². The number of carbonyl (C=O) groups is 2. The molecule has 0 unspecified atom stereocenters. The second-order valence-electron chi connectivity index (χ2n) is 10.5.